The Labute approximate surface area is 135 Å². The molecule has 21 heavy (non-hydrogen) atoms. The van der Waals surface area contributed by atoms with Gasteiger partial charge in [-0.2, -0.15) is 0 Å². The Morgan fingerprint density at radius 1 is 1.29 bits per heavy atom. The third-order valence-electron chi connectivity index (χ3n) is 3.39. The maximum atomic E-state index is 9.12. The van der Waals surface area contributed by atoms with Crippen LogP contribution >= 0.6 is 22.9 Å². The molecular formula is C16H21ClN2OS. The molecule has 0 bridgehead atoms. The number of aliphatic hydroxyl groups excluding tert-OH is 1. The first-order chi connectivity index (χ1) is 10.1. The standard InChI is InChI=1S/C16H21ClN2OS/c1-12(2)19(7-8-20)10-13-3-5-14(6-4-13)16-18-15(9-17)11-21-16/h3-6,11-12,20H,7-10H2,1-2H3. The molecule has 0 spiro atoms. The topological polar surface area (TPSA) is 36.4 Å². The van der Waals surface area contributed by atoms with Crippen LogP contribution in [0, 0.1) is 0 Å². The third kappa shape index (κ3) is 4.51. The summed E-state index contributed by atoms with van der Waals surface area (Å²) in [6.07, 6.45) is 0. The second-order valence-corrected chi connectivity index (χ2v) is 6.39. The van der Waals surface area contributed by atoms with Crippen molar-refractivity contribution < 1.29 is 5.11 Å². The molecular weight excluding hydrogens is 304 g/mol. The fourth-order valence-electron chi connectivity index (χ4n) is 2.14. The van der Waals surface area contributed by atoms with Crippen molar-refractivity contribution in [1.29, 1.82) is 0 Å². The lowest BCUT2D eigenvalue weighted by Crippen LogP contribution is -2.32. The van der Waals surface area contributed by atoms with Crippen LogP contribution in [0.5, 0.6) is 0 Å². The molecule has 0 saturated heterocycles. The van der Waals surface area contributed by atoms with Crippen LogP contribution in [0.1, 0.15) is 25.1 Å². The quantitative estimate of drug-likeness (QED) is 0.788. The van der Waals surface area contributed by atoms with Crippen molar-refractivity contribution in [3.8, 4) is 10.6 Å². The molecule has 0 unspecified atom stereocenters. The number of aromatic nitrogens is 1. The Bertz CT molecular complexity index is 554. The highest BCUT2D eigenvalue weighted by Gasteiger charge is 2.10. The van der Waals surface area contributed by atoms with E-state index in [-0.39, 0.29) is 6.61 Å². The zero-order valence-electron chi connectivity index (χ0n) is 12.4. The highest BCUT2D eigenvalue weighted by molar-refractivity contribution is 7.13. The molecule has 114 valence electrons. The summed E-state index contributed by atoms with van der Waals surface area (Å²) in [5.74, 6) is 0.457. The predicted molar refractivity (Wildman–Crippen MR) is 89.7 cm³/mol. The number of hydrogen-bond donors (Lipinski definition) is 1. The molecule has 0 radical (unpaired) electrons. The summed E-state index contributed by atoms with van der Waals surface area (Å²) in [6.45, 7) is 6.03. The van der Waals surface area contributed by atoms with E-state index < -0.39 is 0 Å². The normalized spacial score (nSPS) is 11.5. The minimum absolute atomic E-state index is 0.191. The Morgan fingerprint density at radius 3 is 2.52 bits per heavy atom. The van der Waals surface area contributed by atoms with Crippen LogP contribution in [0.2, 0.25) is 0 Å². The average molecular weight is 325 g/mol. The van der Waals surface area contributed by atoms with Gasteiger partial charge in [-0.15, -0.1) is 22.9 Å². The average Bonchev–Trinajstić information content (AvgIpc) is 2.96. The van der Waals surface area contributed by atoms with E-state index >= 15 is 0 Å². The zero-order chi connectivity index (χ0) is 15.2. The number of aliphatic hydroxyl groups is 1. The minimum atomic E-state index is 0.191. The lowest BCUT2D eigenvalue weighted by atomic mass is 10.1. The van der Waals surface area contributed by atoms with Gasteiger partial charge >= 0.3 is 0 Å². The highest BCUT2D eigenvalue weighted by atomic mass is 35.5. The van der Waals surface area contributed by atoms with Crippen LogP contribution in [0.4, 0.5) is 0 Å². The van der Waals surface area contributed by atoms with Crippen molar-refractivity contribution in [2.45, 2.75) is 32.3 Å². The van der Waals surface area contributed by atoms with Crippen LogP contribution in [-0.2, 0) is 12.4 Å². The van der Waals surface area contributed by atoms with E-state index in [4.69, 9.17) is 16.7 Å². The summed E-state index contributed by atoms with van der Waals surface area (Å²) in [7, 11) is 0. The Morgan fingerprint density at radius 2 is 2.00 bits per heavy atom. The lowest BCUT2D eigenvalue weighted by molar-refractivity contribution is 0.159. The first-order valence-electron chi connectivity index (χ1n) is 7.08. The van der Waals surface area contributed by atoms with Crippen molar-refractivity contribution in [3.05, 3.63) is 40.9 Å². The molecule has 3 nitrogen and oxygen atoms in total. The maximum absolute atomic E-state index is 9.12. The number of halogens is 1. The van der Waals surface area contributed by atoms with E-state index in [1.807, 2.05) is 5.38 Å². The van der Waals surface area contributed by atoms with Crippen LogP contribution < -0.4 is 0 Å². The van der Waals surface area contributed by atoms with Gasteiger partial charge < -0.3 is 5.11 Å². The van der Waals surface area contributed by atoms with E-state index in [0.29, 0.717) is 18.5 Å². The van der Waals surface area contributed by atoms with Gasteiger partial charge in [0.25, 0.3) is 0 Å². The number of hydrogen-bond acceptors (Lipinski definition) is 4. The van der Waals surface area contributed by atoms with E-state index in [9.17, 15) is 0 Å². The van der Waals surface area contributed by atoms with Gasteiger partial charge in [-0.25, -0.2) is 4.98 Å². The molecule has 0 saturated carbocycles. The summed E-state index contributed by atoms with van der Waals surface area (Å²) in [5.41, 5.74) is 3.29. The summed E-state index contributed by atoms with van der Waals surface area (Å²) in [6, 6.07) is 8.88. The highest BCUT2D eigenvalue weighted by Crippen LogP contribution is 2.25. The molecule has 2 aromatic rings. The molecule has 0 aliphatic carbocycles. The van der Waals surface area contributed by atoms with E-state index in [2.05, 4.69) is 48.0 Å². The van der Waals surface area contributed by atoms with Crippen molar-refractivity contribution >= 4 is 22.9 Å². The van der Waals surface area contributed by atoms with E-state index in [0.717, 1.165) is 22.8 Å². The number of alkyl halides is 1. The molecule has 1 heterocycles. The van der Waals surface area contributed by atoms with Crippen molar-refractivity contribution in [1.82, 2.24) is 9.88 Å². The fraction of sp³-hybridized carbons (Fsp3) is 0.438. The third-order valence-corrected chi connectivity index (χ3v) is 4.61. The molecule has 1 aromatic carbocycles. The molecule has 2 rings (SSSR count). The Balaban J connectivity index is 2.07. The molecule has 1 aromatic heterocycles. The summed E-state index contributed by atoms with van der Waals surface area (Å²) >= 11 is 7.41. The first-order valence-corrected chi connectivity index (χ1v) is 8.50. The van der Waals surface area contributed by atoms with Crippen LogP contribution in [0.15, 0.2) is 29.6 Å². The zero-order valence-corrected chi connectivity index (χ0v) is 14.0. The van der Waals surface area contributed by atoms with Gasteiger partial charge in [0.15, 0.2) is 0 Å². The van der Waals surface area contributed by atoms with Crippen LogP contribution in [0.3, 0.4) is 0 Å². The number of thiazole rings is 1. The molecule has 0 fully saturated rings. The smallest absolute Gasteiger partial charge is 0.123 e. The number of rotatable bonds is 7. The summed E-state index contributed by atoms with van der Waals surface area (Å²) < 4.78 is 0. The molecule has 0 aliphatic heterocycles. The van der Waals surface area contributed by atoms with Crippen LogP contribution in [0.25, 0.3) is 10.6 Å². The monoisotopic (exact) mass is 324 g/mol. The number of nitrogens with zero attached hydrogens (tertiary/aromatic N) is 2. The van der Waals surface area contributed by atoms with Crippen molar-refractivity contribution in [3.63, 3.8) is 0 Å². The maximum Gasteiger partial charge on any atom is 0.123 e. The van der Waals surface area contributed by atoms with Crippen molar-refractivity contribution in [2.24, 2.45) is 0 Å². The molecule has 1 N–H and O–H groups in total. The van der Waals surface area contributed by atoms with E-state index in [1.165, 1.54) is 5.56 Å². The van der Waals surface area contributed by atoms with Gasteiger partial charge in [0.2, 0.25) is 0 Å². The van der Waals surface area contributed by atoms with Gasteiger partial charge in [-0.3, -0.25) is 4.90 Å². The van der Waals surface area contributed by atoms with Crippen molar-refractivity contribution in [2.75, 3.05) is 13.2 Å². The van der Waals surface area contributed by atoms with Crippen LogP contribution in [-0.4, -0.2) is 34.2 Å². The SMILES string of the molecule is CC(C)N(CCO)Cc1ccc(-c2nc(CCl)cs2)cc1. The molecule has 0 amide bonds. The fourth-order valence-corrected chi connectivity index (χ4v) is 3.19. The van der Waals surface area contributed by atoms with E-state index in [1.54, 1.807) is 11.3 Å². The van der Waals surface area contributed by atoms with Gasteiger partial charge in [0, 0.05) is 30.1 Å². The lowest BCUT2D eigenvalue weighted by Gasteiger charge is -2.25. The number of benzene rings is 1. The van der Waals surface area contributed by atoms with Gasteiger partial charge in [-0.05, 0) is 19.4 Å². The van der Waals surface area contributed by atoms with Gasteiger partial charge in [0.1, 0.15) is 5.01 Å². The predicted octanol–water partition coefficient (Wildman–Crippen LogP) is 3.75. The summed E-state index contributed by atoms with van der Waals surface area (Å²) in [4.78, 5) is 6.74. The Kier molecular flexibility index (Phi) is 6.18. The second kappa shape index (κ2) is 7.90. The summed E-state index contributed by atoms with van der Waals surface area (Å²) in [5, 5.41) is 12.1. The minimum Gasteiger partial charge on any atom is -0.395 e. The molecule has 0 atom stereocenters. The second-order valence-electron chi connectivity index (χ2n) is 5.26. The first kappa shape index (κ1) is 16.4. The van der Waals surface area contributed by atoms with Gasteiger partial charge in [-0.1, -0.05) is 24.3 Å². The molecule has 0 aliphatic rings. The van der Waals surface area contributed by atoms with Gasteiger partial charge in [0.05, 0.1) is 18.2 Å². The molecule has 5 heteroatoms. The largest absolute Gasteiger partial charge is 0.395 e. The Hall–Kier alpha value is -0.940.